The Labute approximate surface area is 93.2 Å². The second-order valence-electron chi connectivity index (χ2n) is 2.12. The maximum Gasteiger partial charge on any atom is 0.573 e. The molecule has 1 aromatic heterocycles. The summed E-state index contributed by atoms with van der Waals surface area (Å²) in [4.78, 5) is 3.44. The molecule has 1 aromatic rings. The van der Waals surface area contributed by atoms with Gasteiger partial charge >= 0.3 is 6.36 Å². The molecule has 0 aliphatic rings. The molecule has 3 nitrogen and oxygen atoms in total. The van der Waals surface area contributed by atoms with E-state index < -0.39 is 17.9 Å². The van der Waals surface area contributed by atoms with Gasteiger partial charge in [0.1, 0.15) is 9.08 Å². The molecule has 8 heteroatoms. The van der Waals surface area contributed by atoms with Crippen LogP contribution in [0.1, 0.15) is 0 Å². The molecule has 0 bridgehead atoms. The molecule has 1 heterocycles. The van der Waals surface area contributed by atoms with Gasteiger partial charge in [0.05, 0.1) is 6.20 Å². The summed E-state index contributed by atoms with van der Waals surface area (Å²) < 4.78 is 38.8. The van der Waals surface area contributed by atoms with Crippen molar-refractivity contribution >= 4 is 31.9 Å². The second-order valence-corrected chi connectivity index (χ2v) is 3.67. The fourth-order valence-electron chi connectivity index (χ4n) is 0.636. The molecular weight excluding hydrogens is 335 g/mol. The van der Waals surface area contributed by atoms with Crippen molar-refractivity contribution in [1.29, 1.82) is 0 Å². The van der Waals surface area contributed by atoms with Gasteiger partial charge in [-0.15, -0.1) is 13.2 Å². The third kappa shape index (κ3) is 2.74. The van der Waals surface area contributed by atoms with E-state index in [1.807, 2.05) is 0 Å². The first-order chi connectivity index (χ1) is 6.31. The minimum Gasteiger partial charge on any atom is -0.504 e. The average Bonchev–Trinajstić information content (AvgIpc) is 2.04. The fourth-order valence-corrected chi connectivity index (χ4v) is 1.57. The Morgan fingerprint density at radius 3 is 2.43 bits per heavy atom. The number of halogens is 5. The highest BCUT2D eigenvalue weighted by molar-refractivity contribution is 9.11. The van der Waals surface area contributed by atoms with Gasteiger partial charge in [0.2, 0.25) is 0 Å². The number of ether oxygens (including phenoxy) is 1. The van der Waals surface area contributed by atoms with Crippen LogP contribution in [-0.4, -0.2) is 16.5 Å². The maximum absolute atomic E-state index is 11.8. The van der Waals surface area contributed by atoms with Crippen molar-refractivity contribution in [3.8, 4) is 11.5 Å². The normalized spacial score (nSPS) is 11.5. The van der Waals surface area contributed by atoms with Gasteiger partial charge in [0.25, 0.3) is 0 Å². The minimum atomic E-state index is -4.82. The maximum atomic E-state index is 11.8. The lowest BCUT2D eigenvalue weighted by atomic mass is 10.4. The van der Waals surface area contributed by atoms with Crippen LogP contribution in [0.4, 0.5) is 13.2 Å². The summed E-state index contributed by atoms with van der Waals surface area (Å²) in [6, 6.07) is 0. The average molecular weight is 337 g/mol. The summed E-state index contributed by atoms with van der Waals surface area (Å²) in [6.45, 7) is 0. The van der Waals surface area contributed by atoms with E-state index >= 15 is 0 Å². The lowest BCUT2D eigenvalue weighted by molar-refractivity contribution is -0.275. The van der Waals surface area contributed by atoms with E-state index in [0.29, 0.717) is 0 Å². The highest BCUT2D eigenvalue weighted by atomic mass is 79.9. The standard InChI is InChI=1S/C6H2Br2F3NO2/c7-3-2(14-6(9,10)11)1-12-5(8)4(3)13/h1,13H. The van der Waals surface area contributed by atoms with E-state index in [-0.39, 0.29) is 9.08 Å². The van der Waals surface area contributed by atoms with Crippen LogP contribution in [0, 0.1) is 0 Å². The molecular formula is C6H2Br2F3NO2. The van der Waals surface area contributed by atoms with Crippen LogP contribution >= 0.6 is 31.9 Å². The van der Waals surface area contributed by atoms with Gasteiger partial charge in [0, 0.05) is 0 Å². The first-order valence-electron chi connectivity index (χ1n) is 3.10. The van der Waals surface area contributed by atoms with Gasteiger partial charge in [-0.05, 0) is 31.9 Å². The molecule has 0 atom stereocenters. The molecule has 1 rings (SSSR count). The SMILES string of the molecule is Oc1c(Br)ncc(OC(F)(F)F)c1Br. The molecule has 0 saturated carbocycles. The van der Waals surface area contributed by atoms with E-state index in [1.165, 1.54) is 0 Å². The Hall–Kier alpha value is -0.500. The van der Waals surface area contributed by atoms with Crippen molar-refractivity contribution in [2.24, 2.45) is 0 Å². The Bertz CT molecular complexity index is 356. The Balaban J connectivity index is 3.06. The number of aromatic hydroxyl groups is 1. The van der Waals surface area contributed by atoms with Crippen LogP contribution < -0.4 is 4.74 Å². The summed E-state index contributed by atoms with van der Waals surface area (Å²) >= 11 is 5.57. The Kier molecular flexibility index (Phi) is 3.25. The van der Waals surface area contributed by atoms with Gasteiger partial charge in [0.15, 0.2) is 11.5 Å². The molecule has 14 heavy (non-hydrogen) atoms. The van der Waals surface area contributed by atoms with E-state index in [2.05, 4.69) is 41.6 Å². The van der Waals surface area contributed by atoms with Crippen LogP contribution in [0.15, 0.2) is 15.3 Å². The van der Waals surface area contributed by atoms with Crippen molar-refractivity contribution < 1.29 is 23.0 Å². The molecule has 0 aliphatic heterocycles. The van der Waals surface area contributed by atoms with E-state index in [9.17, 15) is 18.3 Å². The largest absolute Gasteiger partial charge is 0.573 e. The molecule has 0 saturated heterocycles. The summed E-state index contributed by atoms with van der Waals surface area (Å²) in [6.07, 6.45) is -3.98. The van der Waals surface area contributed by atoms with Gasteiger partial charge in [-0.1, -0.05) is 0 Å². The number of aromatic nitrogens is 1. The summed E-state index contributed by atoms with van der Waals surface area (Å²) in [5.74, 6) is -1.05. The number of rotatable bonds is 1. The first kappa shape index (κ1) is 11.6. The van der Waals surface area contributed by atoms with Crippen LogP contribution in [-0.2, 0) is 0 Å². The van der Waals surface area contributed by atoms with E-state index in [0.717, 1.165) is 6.20 Å². The molecule has 0 fully saturated rings. The van der Waals surface area contributed by atoms with Crippen molar-refractivity contribution in [2.45, 2.75) is 6.36 Å². The van der Waals surface area contributed by atoms with Crippen LogP contribution in [0.3, 0.4) is 0 Å². The molecule has 0 spiro atoms. The Morgan fingerprint density at radius 1 is 1.36 bits per heavy atom. The molecule has 78 valence electrons. The molecule has 0 radical (unpaired) electrons. The zero-order valence-corrected chi connectivity index (χ0v) is 9.44. The molecule has 0 aliphatic carbocycles. The molecule has 0 aromatic carbocycles. The lowest BCUT2D eigenvalue weighted by Crippen LogP contribution is -2.17. The lowest BCUT2D eigenvalue weighted by Gasteiger charge is -2.10. The third-order valence-electron chi connectivity index (χ3n) is 1.14. The smallest absolute Gasteiger partial charge is 0.504 e. The molecule has 0 unspecified atom stereocenters. The van der Waals surface area contributed by atoms with Crippen molar-refractivity contribution in [3.63, 3.8) is 0 Å². The minimum absolute atomic E-state index is 0.0268. The number of nitrogens with zero attached hydrogens (tertiary/aromatic N) is 1. The molecule has 0 amide bonds. The monoisotopic (exact) mass is 335 g/mol. The number of hydrogen-bond donors (Lipinski definition) is 1. The Morgan fingerprint density at radius 2 is 1.93 bits per heavy atom. The van der Waals surface area contributed by atoms with Gasteiger partial charge in [-0.3, -0.25) is 0 Å². The van der Waals surface area contributed by atoms with Gasteiger partial charge < -0.3 is 9.84 Å². The summed E-state index contributed by atoms with van der Waals surface area (Å²) in [5, 5.41) is 9.18. The third-order valence-corrected chi connectivity index (χ3v) is 2.49. The van der Waals surface area contributed by atoms with Gasteiger partial charge in [-0.2, -0.15) is 0 Å². The van der Waals surface area contributed by atoms with Crippen LogP contribution in [0.2, 0.25) is 0 Å². The highest BCUT2D eigenvalue weighted by Gasteiger charge is 2.32. The molecule has 1 N–H and O–H groups in total. The zero-order valence-electron chi connectivity index (χ0n) is 6.27. The van der Waals surface area contributed by atoms with Crippen molar-refractivity contribution in [2.75, 3.05) is 0 Å². The predicted octanol–water partition coefficient (Wildman–Crippen LogP) is 3.21. The predicted molar refractivity (Wildman–Crippen MR) is 48.0 cm³/mol. The zero-order chi connectivity index (χ0) is 10.9. The topological polar surface area (TPSA) is 42.4 Å². The van der Waals surface area contributed by atoms with E-state index in [1.54, 1.807) is 0 Å². The summed E-state index contributed by atoms with van der Waals surface area (Å²) in [7, 11) is 0. The number of hydrogen-bond acceptors (Lipinski definition) is 3. The van der Waals surface area contributed by atoms with Crippen molar-refractivity contribution in [3.05, 3.63) is 15.3 Å². The van der Waals surface area contributed by atoms with Crippen LogP contribution in [0.25, 0.3) is 0 Å². The first-order valence-corrected chi connectivity index (χ1v) is 4.68. The van der Waals surface area contributed by atoms with E-state index in [4.69, 9.17) is 0 Å². The van der Waals surface area contributed by atoms with Crippen molar-refractivity contribution in [1.82, 2.24) is 4.98 Å². The second kappa shape index (κ2) is 3.93. The van der Waals surface area contributed by atoms with Gasteiger partial charge in [-0.25, -0.2) is 4.98 Å². The highest BCUT2D eigenvalue weighted by Crippen LogP contribution is 2.39. The number of pyridine rings is 1. The quantitative estimate of drug-likeness (QED) is 0.801. The fraction of sp³-hybridized carbons (Fsp3) is 0.167. The number of alkyl halides is 3. The van der Waals surface area contributed by atoms with Crippen LogP contribution in [0.5, 0.6) is 11.5 Å². The summed E-state index contributed by atoms with van der Waals surface area (Å²) in [5.41, 5.74) is 0.